The molecule has 0 aliphatic heterocycles. The fourth-order valence-corrected chi connectivity index (χ4v) is 2.43. The summed E-state index contributed by atoms with van der Waals surface area (Å²) in [6.45, 7) is 2.55. The molecular weight excluding hydrogens is 258 g/mol. The van der Waals surface area contributed by atoms with Crippen LogP contribution in [-0.4, -0.2) is 5.91 Å². The van der Waals surface area contributed by atoms with Gasteiger partial charge < -0.3 is 5.32 Å². The zero-order chi connectivity index (χ0) is 14.7. The average Bonchev–Trinajstić information content (AvgIpc) is 2.53. The Morgan fingerprint density at radius 2 is 1.62 bits per heavy atom. The van der Waals surface area contributed by atoms with Crippen LogP contribution in [0.3, 0.4) is 0 Å². The van der Waals surface area contributed by atoms with Crippen LogP contribution < -0.4 is 5.32 Å². The average molecular weight is 275 g/mol. The Bertz CT molecular complexity index is 770. The van der Waals surface area contributed by atoms with Crippen LogP contribution in [0.15, 0.2) is 66.7 Å². The second-order valence-electron chi connectivity index (χ2n) is 5.19. The molecule has 0 heterocycles. The number of fused-ring (bicyclic) bond motifs is 1. The van der Waals surface area contributed by atoms with E-state index in [9.17, 15) is 4.79 Å². The van der Waals surface area contributed by atoms with Gasteiger partial charge in [0.05, 0.1) is 0 Å². The van der Waals surface area contributed by atoms with Crippen molar-refractivity contribution in [2.45, 2.75) is 13.5 Å². The normalized spacial score (nSPS) is 10.5. The van der Waals surface area contributed by atoms with Gasteiger partial charge in [-0.2, -0.15) is 0 Å². The van der Waals surface area contributed by atoms with E-state index in [4.69, 9.17) is 0 Å². The Labute approximate surface area is 124 Å². The lowest BCUT2D eigenvalue weighted by Gasteiger charge is -2.08. The van der Waals surface area contributed by atoms with Gasteiger partial charge in [-0.1, -0.05) is 60.2 Å². The highest BCUT2D eigenvalue weighted by Crippen LogP contribution is 2.18. The van der Waals surface area contributed by atoms with Gasteiger partial charge in [-0.05, 0) is 35.4 Å². The molecule has 0 aromatic heterocycles. The van der Waals surface area contributed by atoms with Crippen molar-refractivity contribution in [3.05, 3.63) is 83.4 Å². The molecule has 2 nitrogen and oxygen atoms in total. The lowest BCUT2D eigenvalue weighted by atomic mass is 10.0. The maximum Gasteiger partial charge on any atom is 0.251 e. The maximum absolute atomic E-state index is 12.2. The first-order valence-corrected chi connectivity index (χ1v) is 7.05. The van der Waals surface area contributed by atoms with E-state index in [0.29, 0.717) is 12.1 Å². The largest absolute Gasteiger partial charge is 0.348 e. The minimum absolute atomic E-state index is 0.0389. The van der Waals surface area contributed by atoms with Crippen molar-refractivity contribution < 1.29 is 4.79 Å². The number of carbonyl (C=O) groups is 1. The molecule has 1 amide bonds. The van der Waals surface area contributed by atoms with Crippen LogP contribution in [0, 0.1) is 6.92 Å². The van der Waals surface area contributed by atoms with E-state index in [2.05, 4.69) is 29.6 Å². The first-order chi connectivity index (χ1) is 10.2. The molecule has 3 aromatic carbocycles. The second kappa shape index (κ2) is 5.80. The minimum atomic E-state index is -0.0389. The summed E-state index contributed by atoms with van der Waals surface area (Å²) in [5.74, 6) is -0.0389. The minimum Gasteiger partial charge on any atom is -0.348 e. The van der Waals surface area contributed by atoms with Crippen molar-refractivity contribution in [2.75, 3.05) is 0 Å². The Kier molecular flexibility index (Phi) is 3.69. The molecule has 0 aliphatic rings. The molecule has 0 saturated heterocycles. The molecule has 0 aliphatic carbocycles. The van der Waals surface area contributed by atoms with Gasteiger partial charge in [-0.15, -0.1) is 0 Å². The summed E-state index contributed by atoms with van der Waals surface area (Å²) in [6, 6.07) is 22.0. The lowest BCUT2D eigenvalue weighted by molar-refractivity contribution is 0.0951. The Hall–Kier alpha value is -2.61. The molecule has 0 fully saturated rings. The van der Waals surface area contributed by atoms with Crippen molar-refractivity contribution >= 4 is 16.7 Å². The van der Waals surface area contributed by atoms with Crippen molar-refractivity contribution in [1.29, 1.82) is 0 Å². The molecule has 0 unspecified atom stereocenters. The summed E-state index contributed by atoms with van der Waals surface area (Å²) >= 11 is 0. The number of hydrogen-bond donors (Lipinski definition) is 1. The maximum atomic E-state index is 12.2. The van der Waals surface area contributed by atoms with Crippen molar-refractivity contribution in [3.63, 3.8) is 0 Å². The second-order valence-corrected chi connectivity index (χ2v) is 5.19. The topological polar surface area (TPSA) is 29.1 Å². The number of nitrogens with one attached hydrogen (secondary N) is 1. The predicted molar refractivity (Wildman–Crippen MR) is 86.3 cm³/mol. The molecule has 104 valence electrons. The van der Waals surface area contributed by atoms with Crippen molar-refractivity contribution in [3.8, 4) is 0 Å². The Morgan fingerprint density at radius 3 is 2.43 bits per heavy atom. The van der Waals surface area contributed by atoms with E-state index in [1.807, 2.05) is 49.4 Å². The lowest BCUT2D eigenvalue weighted by Crippen LogP contribution is -2.22. The number of hydrogen-bond acceptors (Lipinski definition) is 1. The van der Waals surface area contributed by atoms with Gasteiger partial charge in [-0.3, -0.25) is 4.79 Å². The number of amides is 1. The van der Waals surface area contributed by atoms with E-state index in [1.54, 1.807) is 0 Å². The van der Waals surface area contributed by atoms with Gasteiger partial charge in [0.2, 0.25) is 0 Å². The first-order valence-electron chi connectivity index (χ1n) is 7.05. The summed E-state index contributed by atoms with van der Waals surface area (Å²) in [6.07, 6.45) is 0. The summed E-state index contributed by atoms with van der Waals surface area (Å²) in [5.41, 5.74) is 2.98. The summed E-state index contributed by atoms with van der Waals surface area (Å²) in [7, 11) is 0. The Morgan fingerprint density at radius 1 is 0.905 bits per heavy atom. The highest BCUT2D eigenvalue weighted by molar-refractivity contribution is 5.94. The van der Waals surface area contributed by atoms with E-state index in [1.165, 1.54) is 10.8 Å². The highest BCUT2D eigenvalue weighted by Gasteiger charge is 2.06. The molecule has 0 spiro atoms. The third-order valence-electron chi connectivity index (χ3n) is 3.63. The number of rotatable bonds is 3. The molecule has 3 aromatic rings. The van der Waals surface area contributed by atoms with Gasteiger partial charge in [-0.25, -0.2) is 0 Å². The smallest absolute Gasteiger partial charge is 0.251 e. The SMILES string of the molecule is Cc1ccc(C(=O)NCc2cccc3ccccc23)cc1. The van der Waals surface area contributed by atoms with Crippen LogP contribution in [0.5, 0.6) is 0 Å². The molecule has 0 radical (unpaired) electrons. The van der Waals surface area contributed by atoms with Crippen LogP contribution in [0.2, 0.25) is 0 Å². The van der Waals surface area contributed by atoms with Crippen LogP contribution in [0.1, 0.15) is 21.5 Å². The summed E-state index contributed by atoms with van der Waals surface area (Å²) in [5, 5.41) is 5.37. The monoisotopic (exact) mass is 275 g/mol. The third kappa shape index (κ3) is 2.95. The van der Waals surface area contributed by atoms with Crippen LogP contribution >= 0.6 is 0 Å². The predicted octanol–water partition coefficient (Wildman–Crippen LogP) is 4.08. The zero-order valence-corrected chi connectivity index (χ0v) is 12.0. The molecule has 3 rings (SSSR count). The zero-order valence-electron chi connectivity index (χ0n) is 12.0. The van der Waals surface area contributed by atoms with Gasteiger partial charge in [0.25, 0.3) is 5.91 Å². The van der Waals surface area contributed by atoms with Gasteiger partial charge in [0, 0.05) is 12.1 Å². The fraction of sp³-hybridized carbons (Fsp3) is 0.105. The van der Waals surface area contributed by atoms with E-state index in [-0.39, 0.29) is 5.91 Å². The molecule has 0 bridgehead atoms. The highest BCUT2D eigenvalue weighted by atomic mass is 16.1. The van der Waals surface area contributed by atoms with Crippen LogP contribution in [0.4, 0.5) is 0 Å². The third-order valence-corrected chi connectivity index (χ3v) is 3.63. The molecule has 0 atom stereocenters. The fourth-order valence-electron chi connectivity index (χ4n) is 2.43. The van der Waals surface area contributed by atoms with E-state index < -0.39 is 0 Å². The number of carbonyl (C=O) groups excluding carboxylic acids is 1. The van der Waals surface area contributed by atoms with Gasteiger partial charge >= 0.3 is 0 Å². The van der Waals surface area contributed by atoms with Gasteiger partial charge in [0.15, 0.2) is 0 Å². The van der Waals surface area contributed by atoms with E-state index in [0.717, 1.165) is 11.1 Å². The standard InChI is InChI=1S/C19H17NO/c1-14-9-11-16(12-10-14)19(21)20-13-17-7-4-6-15-5-2-3-8-18(15)17/h2-12H,13H2,1H3,(H,20,21). The quantitative estimate of drug-likeness (QED) is 0.766. The molecular formula is C19H17NO. The van der Waals surface area contributed by atoms with Crippen molar-refractivity contribution in [1.82, 2.24) is 5.32 Å². The number of benzene rings is 3. The van der Waals surface area contributed by atoms with Gasteiger partial charge in [0.1, 0.15) is 0 Å². The number of aryl methyl sites for hydroxylation is 1. The molecule has 0 saturated carbocycles. The molecule has 21 heavy (non-hydrogen) atoms. The Balaban J connectivity index is 1.77. The van der Waals surface area contributed by atoms with E-state index >= 15 is 0 Å². The van der Waals surface area contributed by atoms with Crippen LogP contribution in [0.25, 0.3) is 10.8 Å². The first kappa shape index (κ1) is 13.4. The molecule has 1 N–H and O–H groups in total. The summed E-state index contributed by atoms with van der Waals surface area (Å²) < 4.78 is 0. The summed E-state index contributed by atoms with van der Waals surface area (Å²) in [4.78, 5) is 12.2. The van der Waals surface area contributed by atoms with Crippen molar-refractivity contribution in [2.24, 2.45) is 0 Å². The molecule has 2 heteroatoms. The van der Waals surface area contributed by atoms with Crippen LogP contribution in [-0.2, 0) is 6.54 Å².